The van der Waals surface area contributed by atoms with Gasteiger partial charge in [0.25, 0.3) is 0 Å². The fourth-order valence-corrected chi connectivity index (χ4v) is 0.910. The Kier molecular flexibility index (Phi) is 2.40. The predicted molar refractivity (Wildman–Crippen MR) is 37.9 cm³/mol. The third-order valence-corrected chi connectivity index (χ3v) is 1.38. The van der Waals surface area contributed by atoms with Crippen molar-refractivity contribution in [2.45, 2.75) is 19.6 Å². The molecule has 3 nitrogen and oxygen atoms in total. The molecule has 0 amide bonds. The molecule has 0 saturated heterocycles. The van der Waals surface area contributed by atoms with Crippen molar-refractivity contribution in [3.8, 4) is 0 Å². The zero-order valence-corrected chi connectivity index (χ0v) is 6.80. The highest BCUT2D eigenvalue weighted by Gasteiger charge is 2.34. The van der Waals surface area contributed by atoms with Crippen LogP contribution in [0.25, 0.3) is 0 Å². The number of carbonyl (C=O) groups excluding carboxylic acids is 1. The molecule has 0 saturated carbocycles. The smallest absolute Gasteiger partial charge is 0.298 e. The topological polar surface area (TPSA) is 34.9 Å². The van der Waals surface area contributed by atoms with Crippen molar-refractivity contribution < 1.29 is 18.0 Å². The molecular weight excluding hydrogens is 185 g/mol. The Bertz CT molecular complexity index is 316. The van der Waals surface area contributed by atoms with Crippen LogP contribution in [0.4, 0.5) is 13.2 Å². The molecule has 0 fully saturated rings. The van der Waals surface area contributed by atoms with E-state index in [4.69, 9.17) is 0 Å². The van der Waals surface area contributed by atoms with Gasteiger partial charge in [-0.3, -0.25) is 9.48 Å². The molecule has 0 atom stereocenters. The van der Waals surface area contributed by atoms with Crippen LogP contribution in [0, 0.1) is 0 Å². The lowest BCUT2D eigenvalue weighted by Crippen LogP contribution is -2.17. The molecule has 1 heterocycles. The van der Waals surface area contributed by atoms with Gasteiger partial charge in [-0.1, -0.05) is 0 Å². The Balaban J connectivity index is 2.96. The van der Waals surface area contributed by atoms with E-state index in [1.165, 1.54) is 6.92 Å². The molecule has 0 aliphatic rings. The zero-order chi connectivity index (χ0) is 10.1. The van der Waals surface area contributed by atoms with Gasteiger partial charge in [0.15, 0.2) is 5.78 Å². The van der Waals surface area contributed by atoms with Gasteiger partial charge in [0.2, 0.25) is 0 Å². The number of alkyl halides is 3. The first-order valence-corrected chi connectivity index (χ1v) is 3.49. The van der Waals surface area contributed by atoms with E-state index >= 15 is 0 Å². The summed E-state index contributed by atoms with van der Waals surface area (Å²) in [5.41, 5.74) is -0.900. The van der Waals surface area contributed by atoms with Crippen molar-refractivity contribution >= 4 is 5.78 Å². The molecule has 0 aromatic carbocycles. The lowest BCUT2D eigenvalue weighted by atomic mass is 10.4. The lowest BCUT2D eigenvalue weighted by Gasteiger charge is -2.07. The van der Waals surface area contributed by atoms with Crippen LogP contribution in [0.15, 0.2) is 12.3 Å². The van der Waals surface area contributed by atoms with Gasteiger partial charge >= 0.3 is 6.18 Å². The maximum Gasteiger partial charge on any atom is 0.433 e. The van der Waals surface area contributed by atoms with Gasteiger partial charge in [0, 0.05) is 6.20 Å². The summed E-state index contributed by atoms with van der Waals surface area (Å²) in [6.07, 6.45) is -3.43. The minimum atomic E-state index is -4.45. The standard InChI is InChI=1S/C7H7F3N2O/c1-5(13)4-12-6(2-3-11-12)7(8,9)10/h2-3H,4H2,1H3. The summed E-state index contributed by atoms with van der Waals surface area (Å²) in [6, 6.07) is 0.836. The number of aromatic nitrogens is 2. The highest BCUT2D eigenvalue weighted by Crippen LogP contribution is 2.28. The fourth-order valence-electron chi connectivity index (χ4n) is 0.910. The summed E-state index contributed by atoms with van der Waals surface area (Å²) >= 11 is 0. The van der Waals surface area contributed by atoms with Crippen LogP contribution in [0.5, 0.6) is 0 Å². The number of hydrogen-bond acceptors (Lipinski definition) is 2. The molecular formula is C7H7F3N2O. The second kappa shape index (κ2) is 3.20. The number of halogens is 3. The SMILES string of the molecule is CC(=O)Cn1nccc1C(F)(F)F. The van der Waals surface area contributed by atoms with Gasteiger partial charge in [-0.25, -0.2) is 0 Å². The van der Waals surface area contributed by atoms with Crippen LogP contribution < -0.4 is 0 Å². The average Bonchev–Trinajstić information content (AvgIpc) is 2.31. The molecule has 0 unspecified atom stereocenters. The van der Waals surface area contributed by atoms with Crippen LogP contribution in [-0.2, 0) is 17.5 Å². The third-order valence-electron chi connectivity index (χ3n) is 1.38. The van der Waals surface area contributed by atoms with Crippen molar-refractivity contribution in [1.29, 1.82) is 0 Å². The second-order valence-electron chi connectivity index (χ2n) is 2.57. The van der Waals surface area contributed by atoms with Crippen molar-refractivity contribution in [2.75, 3.05) is 0 Å². The third kappa shape index (κ3) is 2.30. The highest BCUT2D eigenvalue weighted by atomic mass is 19.4. The molecule has 1 aromatic heterocycles. The van der Waals surface area contributed by atoms with Gasteiger partial charge in [-0.05, 0) is 13.0 Å². The number of Topliss-reactive ketones (excluding diaryl/α,β-unsaturated/α-hetero) is 1. The minimum absolute atomic E-state index is 0.345. The van der Waals surface area contributed by atoms with E-state index < -0.39 is 11.9 Å². The lowest BCUT2D eigenvalue weighted by molar-refractivity contribution is -0.144. The largest absolute Gasteiger partial charge is 0.433 e. The number of ketones is 1. The minimum Gasteiger partial charge on any atom is -0.298 e. The monoisotopic (exact) mass is 192 g/mol. The summed E-state index contributed by atoms with van der Waals surface area (Å²) < 4.78 is 37.1. The van der Waals surface area contributed by atoms with Crippen LogP contribution in [0.2, 0.25) is 0 Å². The first kappa shape index (κ1) is 9.76. The highest BCUT2D eigenvalue weighted by molar-refractivity contribution is 5.75. The van der Waals surface area contributed by atoms with Gasteiger partial charge in [-0.15, -0.1) is 0 Å². The van der Waals surface area contributed by atoms with Crippen LogP contribution in [0.3, 0.4) is 0 Å². The second-order valence-corrected chi connectivity index (χ2v) is 2.57. The quantitative estimate of drug-likeness (QED) is 0.711. The summed E-state index contributed by atoms with van der Waals surface area (Å²) in [4.78, 5) is 10.6. The van der Waals surface area contributed by atoms with Gasteiger partial charge < -0.3 is 0 Å². The van der Waals surface area contributed by atoms with Crippen LogP contribution >= 0.6 is 0 Å². The maximum absolute atomic E-state index is 12.2. The Labute approximate surface area is 72.2 Å². The summed E-state index contributed by atoms with van der Waals surface area (Å²) in [5.74, 6) is -0.366. The van der Waals surface area contributed by atoms with Crippen molar-refractivity contribution in [2.24, 2.45) is 0 Å². The number of carbonyl (C=O) groups is 1. The van der Waals surface area contributed by atoms with E-state index in [-0.39, 0.29) is 12.3 Å². The first-order valence-electron chi connectivity index (χ1n) is 3.49. The van der Waals surface area contributed by atoms with E-state index in [1.54, 1.807) is 0 Å². The van der Waals surface area contributed by atoms with Crippen LogP contribution in [0.1, 0.15) is 12.6 Å². The fraction of sp³-hybridized carbons (Fsp3) is 0.429. The van der Waals surface area contributed by atoms with E-state index in [9.17, 15) is 18.0 Å². The van der Waals surface area contributed by atoms with Gasteiger partial charge in [0.1, 0.15) is 5.69 Å². The Morgan fingerprint density at radius 2 is 2.23 bits per heavy atom. The Morgan fingerprint density at radius 3 is 2.69 bits per heavy atom. The molecule has 0 spiro atoms. The number of rotatable bonds is 2. The van der Waals surface area contributed by atoms with E-state index in [0.717, 1.165) is 12.3 Å². The Hall–Kier alpha value is -1.33. The Morgan fingerprint density at radius 1 is 1.62 bits per heavy atom. The van der Waals surface area contributed by atoms with Crippen molar-refractivity contribution in [3.05, 3.63) is 18.0 Å². The summed E-state index contributed by atoms with van der Waals surface area (Å²) in [7, 11) is 0. The van der Waals surface area contributed by atoms with Crippen LogP contribution in [-0.4, -0.2) is 15.6 Å². The maximum atomic E-state index is 12.2. The summed E-state index contributed by atoms with van der Waals surface area (Å²) in [5, 5.41) is 3.40. The first-order chi connectivity index (χ1) is 5.91. The number of nitrogens with zero attached hydrogens (tertiary/aromatic N) is 2. The molecule has 1 rings (SSSR count). The molecule has 13 heavy (non-hydrogen) atoms. The molecule has 0 aliphatic carbocycles. The zero-order valence-electron chi connectivity index (χ0n) is 6.80. The molecule has 72 valence electrons. The molecule has 0 N–H and O–H groups in total. The van der Waals surface area contributed by atoms with E-state index in [2.05, 4.69) is 5.10 Å². The number of hydrogen-bond donors (Lipinski definition) is 0. The molecule has 0 aliphatic heterocycles. The molecule has 0 bridgehead atoms. The molecule has 0 radical (unpaired) electrons. The normalized spacial score (nSPS) is 11.7. The molecule has 6 heteroatoms. The average molecular weight is 192 g/mol. The summed E-state index contributed by atoms with van der Waals surface area (Å²) in [6.45, 7) is 0.865. The van der Waals surface area contributed by atoms with E-state index in [0.29, 0.717) is 4.68 Å². The van der Waals surface area contributed by atoms with E-state index in [1.807, 2.05) is 0 Å². The van der Waals surface area contributed by atoms with Crippen molar-refractivity contribution in [3.63, 3.8) is 0 Å². The van der Waals surface area contributed by atoms with Gasteiger partial charge in [0.05, 0.1) is 6.54 Å². The van der Waals surface area contributed by atoms with Crippen molar-refractivity contribution in [1.82, 2.24) is 9.78 Å². The van der Waals surface area contributed by atoms with Gasteiger partial charge in [-0.2, -0.15) is 18.3 Å². The predicted octanol–water partition coefficient (Wildman–Crippen LogP) is 1.49. The molecule has 1 aromatic rings.